The summed E-state index contributed by atoms with van der Waals surface area (Å²) in [5.74, 6) is -1.33. The summed E-state index contributed by atoms with van der Waals surface area (Å²) in [6.45, 7) is 10.1. The van der Waals surface area contributed by atoms with Gasteiger partial charge in [0.1, 0.15) is 11.6 Å². The van der Waals surface area contributed by atoms with Gasteiger partial charge in [-0.1, -0.05) is 99.6 Å². The number of hydrogen-bond donors (Lipinski definition) is 0. The van der Waals surface area contributed by atoms with Crippen molar-refractivity contribution in [2.24, 2.45) is 29.1 Å². The summed E-state index contributed by atoms with van der Waals surface area (Å²) < 4.78 is 0. The molecule has 0 saturated heterocycles. The Morgan fingerprint density at radius 3 is 2.12 bits per heavy atom. The third kappa shape index (κ3) is 7.21. The summed E-state index contributed by atoms with van der Waals surface area (Å²) in [6.07, 6.45) is 2.61. The average molecular weight is 565 g/mol. The fourth-order valence-electron chi connectivity index (χ4n) is 6.84. The van der Waals surface area contributed by atoms with Crippen molar-refractivity contribution in [1.29, 1.82) is 0 Å². The molecular weight excluding hydrogens is 520 g/mol. The van der Waals surface area contributed by atoms with E-state index < -0.39 is 11.8 Å². The topological polar surface area (TPSA) is 68.3 Å². The molecule has 4 atom stereocenters. The number of Topliss-reactive ketones (excluding diaryl/α,β-unsaturated/α-hetero) is 4. The SMILES string of the molecule is Cc1cccc(C(=O)CC(Cc2ccccc2)C(C)C(=O)C2CCC(C)(C)C2C(=O)CCC(=O)c2ccccc2)c1C. The van der Waals surface area contributed by atoms with Crippen LogP contribution in [0, 0.1) is 42.9 Å². The van der Waals surface area contributed by atoms with Gasteiger partial charge in [-0.2, -0.15) is 0 Å². The highest BCUT2D eigenvalue weighted by atomic mass is 16.1. The zero-order valence-corrected chi connectivity index (χ0v) is 25.7. The van der Waals surface area contributed by atoms with Crippen LogP contribution in [0.1, 0.15) is 90.3 Å². The van der Waals surface area contributed by atoms with Crippen LogP contribution in [0.15, 0.2) is 78.9 Å². The average Bonchev–Trinajstić information content (AvgIpc) is 3.31. The summed E-state index contributed by atoms with van der Waals surface area (Å²) in [4.78, 5) is 54.3. The van der Waals surface area contributed by atoms with Gasteiger partial charge in [-0.25, -0.2) is 0 Å². The van der Waals surface area contributed by atoms with Crippen molar-refractivity contribution < 1.29 is 19.2 Å². The largest absolute Gasteiger partial charge is 0.299 e. The predicted octanol–water partition coefficient (Wildman–Crippen LogP) is 8.22. The lowest BCUT2D eigenvalue weighted by Crippen LogP contribution is -2.38. The molecule has 0 spiro atoms. The van der Waals surface area contributed by atoms with Gasteiger partial charge in [0.2, 0.25) is 0 Å². The molecular formula is C38H44O4. The summed E-state index contributed by atoms with van der Waals surface area (Å²) >= 11 is 0. The first-order valence-corrected chi connectivity index (χ1v) is 15.3. The normalized spacial score (nSPS) is 19.2. The Balaban J connectivity index is 1.54. The van der Waals surface area contributed by atoms with Crippen molar-refractivity contribution in [2.45, 2.75) is 73.1 Å². The second-order valence-corrected chi connectivity index (χ2v) is 12.9. The zero-order valence-electron chi connectivity index (χ0n) is 25.7. The highest BCUT2D eigenvalue weighted by Crippen LogP contribution is 2.49. The first-order chi connectivity index (χ1) is 20.0. The van der Waals surface area contributed by atoms with Gasteiger partial charge in [-0.3, -0.25) is 19.2 Å². The van der Waals surface area contributed by atoms with Gasteiger partial charge in [-0.15, -0.1) is 0 Å². The van der Waals surface area contributed by atoms with Gasteiger partial charge < -0.3 is 0 Å². The number of ketones is 4. The second-order valence-electron chi connectivity index (χ2n) is 12.9. The Hall–Kier alpha value is -3.66. The van der Waals surface area contributed by atoms with Gasteiger partial charge in [0.15, 0.2) is 11.6 Å². The molecule has 4 nitrogen and oxygen atoms in total. The van der Waals surface area contributed by atoms with E-state index in [0.29, 0.717) is 24.0 Å². The van der Waals surface area contributed by atoms with E-state index in [-0.39, 0.29) is 59.6 Å². The number of carbonyl (C=O) groups excluding carboxylic acids is 4. The molecule has 3 aromatic rings. The van der Waals surface area contributed by atoms with E-state index >= 15 is 0 Å². The molecule has 4 heteroatoms. The van der Waals surface area contributed by atoms with E-state index in [1.807, 2.05) is 87.5 Å². The second kappa shape index (κ2) is 13.5. The standard InChI is InChI=1S/C38H44O4/c1-25-13-12-18-31(26(25)2)35(41)24-30(23-28-14-8-6-9-15-28)27(3)37(42)32-21-22-38(4,5)36(32)34(40)20-19-33(39)29-16-10-7-11-17-29/h6-18,27,30,32,36H,19-24H2,1-5H3. The highest BCUT2D eigenvalue weighted by Gasteiger charge is 2.50. The molecule has 42 heavy (non-hydrogen) atoms. The van der Waals surface area contributed by atoms with Gasteiger partial charge in [0.25, 0.3) is 0 Å². The van der Waals surface area contributed by atoms with Crippen molar-refractivity contribution in [3.8, 4) is 0 Å². The maximum atomic E-state index is 14.2. The Kier molecular flexibility index (Phi) is 10.1. The molecule has 0 radical (unpaired) electrons. The first kappa shape index (κ1) is 31.3. The third-order valence-electron chi connectivity index (χ3n) is 9.60. The Bertz CT molecular complexity index is 1420. The van der Waals surface area contributed by atoms with E-state index in [2.05, 4.69) is 13.8 Å². The van der Waals surface area contributed by atoms with Crippen molar-refractivity contribution in [3.63, 3.8) is 0 Å². The van der Waals surface area contributed by atoms with Crippen molar-refractivity contribution in [3.05, 3.63) is 107 Å². The third-order valence-corrected chi connectivity index (χ3v) is 9.60. The lowest BCUT2D eigenvalue weighted by molar-refractivity contribution is -0.136. The number of hydrogen-bond acceptors (Lipinski definition) is 4. The number of benzene rings is 3. The summed E-state index contributed by atoms with van der Waals surface area (Å²) in [7, 11) is 0. The molecule has 3 aromatic carbocycles. The van der Waals surface area contributed by atoms with Crippen LogP contribution in [0.2, 0.25) is 0 Å². The van der Waals surface area contributed by atoms with Crippen molar-refractivity contribution in [2.75, 3.05) is 0 Å². The van der Waals surface area contributed by atoms with Crippen LogP contribution in [-0.2, 0) is 16.0 Å². The zero-order chi connectivity index (χ0) is 30.4. The van der Waals surface area contributed by atoms with Crippen LogP contribution >= 0.6 is 0 Å². The minimum atomic E-state index is -0.428. The number of rotatable bonds is 13. The fourth-order valence-corrected chi connectivity index (χ4v) is 6.84. The molecule has 1 aliphatic rings. The molecule has 0 aliphatic heterocycles. The molecule has 4 unspecified atom stereocenters. The van der Waals surface area contributed by atoms with Crippen molar-refractivity contribution >= 4 is 23.1 Å². The molecule has 0 amide bonds. The van der Waals surface area contributed by atoms with Crippen LogP contribution in [0.25, 0.3) is 0 Å². The van der Waals surface area contributed by atoms with Crippen LogP contribution in [0.3, 0.4) is 0 Å². The molecule has 0 heterocycles. The smallest absolute Gasteiger partial charge is 0.163 e. The Labute approximate surface area is 250 Å². The molecule has 0 bridgehead atoms. The highest BCUT2D eigenvalue weighted by molar-refractivity contribution is 6.00. The monoisotopic (exact) mass is 564 g/mol. The number of aryl methyl sites for hydroxylation is 1. The summed E-state index contributed by atoms with van der Waals surface area (Å²) in [6, 6.07) is 24.9. The molecule has 1 saturated carbocycles. The maximum absolute atomic E-state index is 14.2. The molecule has 1 aliphatic carbocycles. The quantitative estimate of drug-likeness (QED) is 0.196. The van der Waals surface area contributed by atoms with E-state index in [1.165, 1.54) is 0 Å². The van der Waals surface area contributed by atoms with Crippen LogP contribution in [-0.4, -0.2) is 23.1 Å². The summed E-state index contributed by atoms with van der Waals surface area (Å²) in [5.41, 5.74) is 4.14. The minimum Gasteiger partial charge on any atom is -0.299 e. The van der Waals surface area contributed by atoms with Gasteiger partial charge in [0, 0.05) is 48.1 Å². The maximum Gasteiger partial charge on any atom is 0.163 e. The van der Waals surface area contributed by atoms with Gasteiger partial charge in [0.05, 0.1) is 0 Å². The van der Waals surface area contributed by atoms with E-state index in [9.17, 15) is 19.2 Å². The lowest BCUT2D eigenvalue weighted by atomic mass is 9.70. The van der Waals surface area contributed by atoms with Crippen LogP contribution < -0.4 is 0 Å². The molecule has 1 fully saturated rings. The first-order valence-electron chi connectivity index (χ1n) is 15.3. The Morgan fingerprint density at radius 1 is 0.810 bits per heavy atom. The molecule has 220 valence electrons. The lowest BCUT2D eigenvalue weighted by Gasteiger charge is -2.32. The molecule has 0 aromatic heterocycles. The van der Waals surface area contributed by atoms with Gasteiger partial charge >= 0.3 is 0 Å². The molecule has 4 rings (SSSR count). The molecule has 0 N–H and O–H groups in total. The fraction of sp³-hybridized carbons (Fsp3) is 0.421. The van der Waals surface area contributed by atoms with Crippen molar-refractivity contribution in [1.82, 2.24) is 0 Å². The predicted molar refractivity (Wildman–Crippen MR) is 168 cm³/mol. The Morgan fingerprint density at radius 2 is 1.45 bits per heavy atom. The van der Waals surface area contributed by atoms with E-state index in [0.717, 1.165) is 23.1 Å². The summed E-state index contributed by atoms with van der Waals surface area (Å²) in [5, 5.41) is 0. The van der Waals surface area contributed by atoms with Crippen LogP contribution in [0.5, 0.6) is 0 Å². The van der Waals surface area contributed by atoms with E-state index in [4.69, 9.17) is 0 Å². The van der Waals surface area contributed by atoms with E-state index in [1.54, 1.807) is 12.1 Å². The minimum absolute atomic E-state index is 0.00148. The van der Waals surface area contributed by atoms with Crippen LogP contribution in [0.4, 0.5) is 0 Å². The van der Waals surface area contributed by atoms with Gasteiger partial charge in [-0.05, 0) is 61.1 Å². The number of carbonyl (C=O) groups is 4.